The molecule has 1 aliphatic rings. The Labute approximate surface area is 186 Å². The predicted octanol–water partition coefficient (Wildman–Crippen LogP) is 3.09. The van der Waals surface area contributed by atoms with Crippen molar-refractivity contribution in [1.29, 1.82) is 0 Å². The number of sulfonamides is 1. The molecule has 1 amide bonds. The van der Waals surface area contributed by atoms with Crippen LogP contribution in [0.3, 0.4) is 0 Å². The van der Waals surface area contributed by atoms with Crippen LogP contribution in [0.4, 0.5) is 5.69 Å². The molecule has 1 fully saturated rings. The van der Waals surface area contributed by atoms with Crippen LogP contribution < -0.4 is 9.62 Å². The fourth-order valence-electron chi connectivity index (χ4n) is 3.37. The zero-order chi connectivity index (χ0) is 20.7. The van der Waals surface area contributed by atoms with E-state index in [4.69, 9.17) is 0 Å². The number of hydrogen-bond donors (Lipinski definition) is 1. The van der Waals surface area contributed by atoms with Crippen molar-refractivity contribution in [2.75, 3.05) is 37.0 Å². The Morgan fingerprint density at radius 1 is 1.03 bits per heavy atom. The molecule has 6 nitrogen and oxygen atoms in total. The molecular weight excluding hydrogens is 501 g/mol. The number of nitrogens with zero attached hydrogens (tertiary/aromatic N) is 2. The molecule has 0 saturated carbocycles. The molecule has 8 heteroatoms. The number of anilines is 1. The van der Waals surface area contributed by atoms with E-state index in [9.17, 15) is 13.2 Å². The molecule has 1 N–H and O–H groups in total. The first-order chi connectivity index (χ1) is 14.0. The Morgan fingerprint density at radius 2 is 1.69 bits per heavy atom. The van der Waals surface area contributed by atoms with Crippen molar-refractivity contribution in [2.24, 2.45) is 0 Å². The van der Waals surface area contributed by atoms with Crippen molar-refractivity contribution in [3.05, 3.63) is 58.2 Å². The van der Waals surface area contributed by atoms with Gasteiger partial charge in [-0.1, -0.05) is 18.2 Å². The summed E-state index contributed by atoms with van der Waals surface area (Å²) in [6.07, 6.45) is 3.35. The van der Waals surface area contributed by atoms with Gasteiger partial charge in [-0.2, -0.15) is 0 Å². The van der Waals surface area contributed by atoms with Gasteiger partial charge in [0.25, 0.3) is 10.0 Å². The predicted molar refractivity (Wildman–Crippen MR) is 123 cm³/mol. The summed E-state index contributed by atoms with van der Waals surface area (Å²) in [5, 5.41) is 2.87. The molecule has 0 radical (unpaired) electrons. The number of nitrogens with one attached hydrogen (secondary N) is 1. The quantitative estimate of drug-likeness (QED) is 0.402. The van der Waals surface area contributed by atoms with Gasteiger partial charge in [-0.3, -0.25) is 9.10 Å². The van der Waals surface area contributed by atoms with E-state index in [2.05, 4.69) is 32.8 Å². The van der Waals surface area contributed by atoms with Gasteiger partial charge < -0.3 is 10.2 Å². The second-order valence-electron chi connectivity index (χ2n) is 7.05. The van der Waals surface area contributed by atoms with Crippen molar-refractivity contribution in [3.8, 4) is 0 Å². The zero-order valence-corrected chi connectivity index (χ0v) is 19.2. The van der Waals surface area contributed by atoms with Gasteiger partial charge in [-0.05, 0) is 97.9 Å². The summed E-state index contributed by atoms with van der Waals surface area (Å²) in [5.74, 6) is -0.301. The molecule has 3 rings (SSSR count). The van der Waals surface area contributed by atoms with Crippen LogP contribution in [0.25, 0.3) is 0 Å². The number of benzene rings is 2. The third kappa shape index (κ3) is 6.16. The highest BCUT2D eigenvalue weighted by Gasteiger charge is 2.27. The Balaban J connectivity index is 1.68. The van der Waals surface area contributed by atoms with Gasteiger partial charge in [0.05, 0.1) is 10.6 Å². The minimum Gasteiger partial charge on any atom is -0.354 e. The maximum absolute atomic E-state index is 13.2. The number of halogens is 1. The van der Waals surface area contributed by atoms with Crippen LogP contribution in [0.1, 0.15) is 19.3 Å². The lowest BCUT2D eigenvalue weighted by Gasteiger charge is -2.24. The zero-order valence-electron chi connectivity index (χ0n) is 16.3. The lowest BCUT2D eigenvalue weighted by Crippen LogP contribution is -2.41. The number of carbonyl (C=O) groups is 1. The topological polar surface area (TPSA) is 69.7 Å². The van der Waals surface area contributed by atoms with Gasteiger partial charge in [-0.25, -0.2) is 8.42 Å². The van der Waals surface area contributed by atoms with Crippen LogP contribution in [0, 0.1) is 3.57 Å². The highest BCUT2D eigenvalue weighted by atomic mass is 127. The molecule has 0 spiro atoms. The van der Waals surface area contributed by atoms with Gasteiger partial charge in [0, 0.05) is 10.1 Å². The number of amides is 1. The summed E-state index contributed by atoms with van der Waals surface area (Å²) in [6, 6.07) is 15.3. The normalized spacial score (nSPS) is 14.7. The first-order valence-electron chi connectivity index (χ1n) is 9.79. The van der Waals surface area contributed by atoms with Crippen LogP contribution in [0.2, 0.25) is 0 Å². The maximum atomic E-state index is 13.2. The third-order valence-corrected chi connectivity index (χ3v) is 7.41. The molecule has 2 aromatic carbocycles. The number of rotatable bonds is 9. The molecule has 0 atom stereocenters. The Morgan fingerprint density at radius 3 is 2.34 bits per heavy atom. The summed E-state index contributed by atoms with van der Waals surface area (Å²) in [4.78, 5) is 15.1. The molecule has 0 bridgehead atoms. The van der Waals surface area contributed by atoms with Crippen LogP contribution in [0.15, 0.2) is 59.5 Å². The molecule has 1 heterocycles. The molecule has 0 aliphatic carbocycles. The van der Waals surface area contributed by atoms with E-state index in [0.29, 0.717) is 12.2 Å². The van der Waals surface area contributed by atoms with E-state index in [0.717, 1.165) is 29.6 Å². The van der Waals surface area contributed by atoms with E-state index >= 15 is 0 Å². The van der Waals surface area contributed by atoms with Gasteiger partial charge in [0.15, 0.2) is 0 Å². The van der Waals surface area contributed by atoms with E-state index in [1.807, 2.05) is 12.1 Å². The van der Waals surface area contributed by atoms with Crippen molar-refractivity contribution in [1.82, 2.24) is 10.2 Å². The average Bonchev–Trinajstić information content (AvgIpc) is 3.24. The Hall–Kier alpha value is -1.65. The molecule has 1 saturated heterocycles. The first-order valence-corrected chi connectivity index (χ1v) is 12.3. The van der Waals surface area contributed by atoms with Crippen LogP contribution in [-0.2, 0) is 14.8 Å². The second-order valence-corrected chi connectivity index (χ2v) is 10.2. The van der Waals surface area contributed by atoms with Crippen LogP contribution in [0.5, 0.6) is 0 Å². The second kappa shape index (κ2) is 10.4. The lowest BCUT2D eigenvalue weighted by molar-refractivity contribution is -0.119. The minimum atomic E-state index is -3.84. The summed E-state index contributed by atoms with van der Waals surface area (Å²) < 4.78 is 28.6. The highest BCUT2D eigenvalue weighted by Crippen LogP contribution is 2.24. The van der Waals surface area contributed by atoms with E-state index in [-0.39, 0.29) is 17.3 Å². The smallest absolute Gasteiger partial charge is 0.264 e. The van der Waals surface area contributed by atoms with Gasteiger partial charge >= 0.3 is 0 Å². The Kier molecular flexibility index (Phi) is 7.91. The number of carbonyl (C=O) groups excluding carboxylic acids is 1. The maximum Gasteiger partial charge on any atom is 0.264 e. The first kappa shape index (κ1) is 22.0. The largest absolute Gasteiger partial charge is 0.354 e. The molecule has 156 valence electrons. The van der Waals surface area contributed by atoms with E-state index in [1.165, 1.54) is 17.1 Å². The van der Waals surface area contributed by atoms with Crippen molar-refractivity contribution >= 4 is 44.2 Å². The van der Waals surface area contributed by atoms with Gasteiger partial charge in [-0.15, -0.1) is 0 Å². The summed E-state index contributed by atoms with van der Waals surface area (Å²) >= 11 is 2.16. The molecular formula is C21H26IN3O3S. The molecule has 0 unspecified atom stereocenters. The average molecular weight is 527 g/mol. The number of hydrogen-bond acceptors (Lipinski definition) is 4. The molecule has 2 aromatic rings. The highest BCUT2D eigenvalue weighted by molar-refractivity contribution is 14.1. The molecule has 29 heavy (non-hydrogen) atoms. The summed E-state index contributed by atoms with van der Waals surface area (Å²) in [6.45, 7) is 3.51. The molecule has 0 aromatic heterocycles. The SMILES string of the molecule is O=C(CN(c1ccc(I)cc1)S(=O)(=O)c1ccccc1)NCCCN1CCCC1. The van der Waals surface area contributed by atoms with Crippen LogP contribution >= 0.6 is 22.6 Å². The number of likely N-dealkylation sites (tertiary alicyclic amines) is 1. The van der Waals surface area contributed by atoms with Crippen LogP contribution in [-0.4, -0.2) is 51.9 Å². The lowest BCUT2D eigenvalue weighted by atomic mass is 10.3. The van der Waals surface area contributed by atoms with Crippen molar-refractivity contribution < 1.29 is 13.2 Å². The standard InChI is InChI=1S/C21H26IN3O3S/c22-18-9-11-19(12-10-18)25(29(27,28)20-7-2-1-3-8-20)17-21(26)23-13-6-16-24-14-4-5-15-24/h1-3,7-12H,4-6,13-17H2,(H,23,26). The van der Waals surface area contributed by atoms with E-state index in [1.54, 1.807) is 42.5 Å². The van der Waals surface area contributed by atoms with Crippen molar-refractivity contribution in [3.63, 3.8) is 0 Å². The molecule has 1 aliphatic heterocycles. The fraction of sp³-hybridized carbons (Fsp3) is 0.381. The Bertz CT molecular complexity index is 899. The van der Waals surface area contributed by atoms with E-state index < -0.39 is 10.0 Å². The van der Waals surface area contributed by atoms with Crippen molar-refractivity contribution in [2.45, 2.75) is 24.2 Å². The van der Waals surface area contributed by atoms with Gasteiger partial charge in [0.2, 0.25) is 5.91 Å². The van der Waals surface area contributed by atoms with Gasteiger partial charge in [0.1, 0.15) is 6.54 Å². The summed E-state index contributed by atoms with van der Waals surface area (Å²) in [5.41, 5.74) is 0.474. The third-order valence-electron chi connectivity index (χ3n) is 4.90. The minimum absolute atomic E-state index is 0.167. The summed E-state index contributed by atoms with van der Waals surface area (Å²) in [7, 11) is -3.84. The monoisotopic (exact) mass is 527 g/mol. The fourth-order valence-corrected chi connectivity index (χ4v) is 5.17.